The highest BCUT2D eigenvalue weighted by Crippen LogP contribution is 2.43. The van der Waals surface area contributed by atoms with Crippen LogP contribution in [0.15, 0.2) is 24.3 Å². The molecule has 0 amide bonds. The van der Waals surface area contributed by atoms with Crippen LogP contribution in [0.5, 0.6) is 0 Å². The van der Waals surface area contributed by atoms with Gasteiger partial charge in [-0.2, -0.15) is 0 Å². The Labute approximate surface area is 368 Å². The number of carbonyl (C=O) groups is 2. The van der Waals surface area contributed by atoms with E-state index < -0.39 is 51.8 Å². The minimum atomic E-state index is -4.62. The maximum Gasteiger partial charge on any atom is 0.472 e. The number of carbonyl (C=O) groups excluding carboxylic acids is 2. The van der Waals surface area contributed by atoms with E-state index in [0.717, 1.165) is 64.2 Å². The zero-order valence-corrected chi connectivity index (χ0v) is 39.6. The maximum atomic E-state index is 12.7. The van der Waals surface area contributed by atoms with E-state index in [1.165, 1.54) is 135 Å². The summed E-state index contributed by atoms with van der Waals surface area (Å²) in [5.74, 6) is -0.930. The van der Waals surface area contributed by atoms with E-state index in [4.69, 9.17) is 23.6 Å². The first-order valence-corrected chi connectivity index (χ1v) is 26.3. The number of hydrogen-bond acceptors (Lipinski definition) is 9. The van der Waals surface area contributed by atoms with Crippen molar-refractivity contribution in [3.63, 3.8) is 0 Å². The Morgan fingerprint density at radius 3 is 1.33 bits per heavy atom. The molecule has 0 saturated heterocycles. The molecule has 354 valence electrons. The molecule has 0 fully saturated rings. The lowest BCUT2D eigenvalue weighted by Gasteiger charge is -2.20. The van der Waals surface area contributed by atoms with Crippen molar-refractivity contribution in [3.8, 4) is 0 Å². The van der Waals surface area contributed by atoms with Crippen molar-refractivity contribution < 1.29 is 47.8 Å². The fourth-order valence-electron chi connectivity index (χ4n) is 7.01. The summed E-state index contributed by atoms with van der Waals surface area (Å²) in [5, 5.41) is 18.4. The third kappa shape index (κ3) is 44.5. The van der Waals surface area contributed by atoms with Crippen LogP contribution in [0.25, 0.3) is 0 Å². The number of rotatable bonds is 47. The molecule has 11 heteroatoms. The van der Waals surface area contributed by atoms with E-state index in [-0.39, 0.29) is 19.4 Å². The van der Waals surface area contributed by atoms with Crippen LogP contribution in [0.3, 0.4) is 0 Å². The minimum absolute atomic E-state index is 0.186. The van der Waals surface area contributed by atoms with Crippen molar-refractivity contribution in [3.05, 3.63) is 24.3 Å². The van der Waals surface area contributed by atoms with Crippen LogP contribution < -0.4 is 0 Å². The Morgan fingerprint density at radius 2 is 0.883 bits per heavy atom. The highest BCUT2D eigenvalue weighted by Gasteiger charge is 2.27. The van der Waals surface area contributed by atoms with Gasteiger partial charge in [-0.1, -0.05) is 212 Å². The van der Waals surface area contributed by atoms with Crippen molar-refractivity contribution in [1.82, 2.24) is 0 Å². The quantitative estimate of drug-likeness (QED) is 0.0233. The van der Waals surface area contributed by atoms with Gasteiger partial charge in [-0.05, 0) is 38.5 Å². The van der Waals surface area contributed by atoms with Crippen molar-refractivity contribution in [2.75, 3.05) is 26.4 Å². The molecule has 0 radical (unpaired) electrons. The standard InChI is InChI=1S/C49H93O10P/c1-3-5-7-9-11-13-15-17-19-20-21-22-23-24-25-26-27-29-31-33-35-37-39-41-49(53)59-47(45-58-60(54,55)57-43-46(51)42-50)44-56-48(52)40-38-36-34-32-30-28-18-16-14-12-10-8-6-4-2/h10,12,16,18,46-47,50-51H,3-9,11,13-15,17,19-45H2,1-2H3,(H,54,55)/b12-10+,18-16+/t46-,47+/m0/s1. The number of phosphoric ester groups is 1. The van der Waals surface area contributed by atoms with E-state index in [9.17, 15) is 24.2 Å². The molecule has 3 N–H and O–H groups in total. The third-order valence-electron chi connectivity index (χ3n) is 10.9. The van der Waals surface area contributed by atoms with E-state index in [1.807, 2.05) is 0 Å². The van der Waals surface area contributed by atoms with Crippen LogP contribution in [-0.2, 0) is 32.7 Å². The number of unbranched alkanes of at least 4 members (excludes halogenated alkanes) is 29. The lowest BCUT2D eigenvalue weighted by atomic mass is 10.0. The van der Waals surface area contributed by atoms with E-state index in [0.29, 0.717) is 12.8 Å². The molecular weight excluding hydrogens is 780 g/mol. The average Bonchev–Trinajstić information content (AvgIpc) is 3.24. The van der Waals surface area contributed by atoms with Gasteiger partial charge in [0.15, 0.2) is 6.10 Å². The molecule has 60 heavy (non-hydrogen) atoms. The Balaban J connectivity index is 4.14. The summed E-state index contributed by atoms with van der Waals surface area (Å²) in [4.78, 5) is 35.1. The maximum absolute atomic E-state index is 12.7. The summed E-state index contributed by atoms with van der Waals surface area (Å²) in [6.45, 7) is 2.36. The zero-order chi connectivity index (χ0) is 44.0. The summed E-state index contributed by atoms with van der Waals surface area (Å²) >= 11 is 0. The van der Waals surface area contributed by atoms with E-state index in [1.54, 1.807) is 0 Å². The molecular formula is C49H93O10P. The number of ether oxygens (including phenoxy) is 2. The molecule has 0 aliphatic carbocycles. The molecule has 0 aromatic carbocycles. The zero-order valence-electron chi connectivity index (χ0n) is 38.7. The van der Waals surface area contributed by atoms with Crippen molar-refractivity contribution >= 4 is 19.8 Å². The first-order chi connectivity index (χ1) is 29.2. The second kappa shape index (κ2) is 45.5. The van der Waals surface area contributed by atoms with Gasteiger partial charge in [0.05, 0.1) is 19.8 Å². The van der Waals surface area contributed by atoms with Crippen LogP contribution in [0.4, 0.5) is 0 Å². The molecule has 0 saturated carbocycles. The van der Waals surface area contributed by atoms with E-state index in [2.05, 4.69) is 38.2 Å². The molecule has 0 rings (SSSR count). The summed E-state index contributed by atoms with van der Waals surface area (Å²) in [5.41, 5.74) is 0. The first kappa shape index (κ1) is 58.5. The molecule has 0 aromatic rings. The average molecular weight is 873 g/mol. The molecule has 0 aromatic heterocycles. The Kier molecular flexibility index (Phi) is 44.3. The molecule has 0 spiro atoms. The number of phosphoric acid groups is 1. The Bertz CT molecular complexity index is 1050. The number of allylic oxidation sites excluding steroid dienone is 4. The van der Waals surface area contributed by atoms with E-state index >= 15 is 0 Å². The molecule has 10 nitrogen and oxygen atoms in total. The van der Waals surface area contributed by atoms with Gasteiger partial charge in [-0.3, -0.25) is 18.6 Å². The fourth-order valence-corrected chi connectivity index (χ4v) is 7.80. The normalized spacial score (nSPS) is 13.9. The first-order valence-electron chi connectivity index (χ1n) is 24.8. The summed E-state index contributed by atoms with van der Waals surface area (Å²) in [6.07, 6.45) is 47.2. The van der Waals surface area contributed by atoms with Crippen molar-refractivity contribution in [2.45, 2.75) is 251 Å². The SMILES string of the molecule is CCCC/C=C/C/C=C/CCCCCCCC(=O)OC[C@H](COP(=O)(O)OC[C@@H](O)CO)OC(=O)CCCCCCCCCCCCCCCCCCCCCCCCC. The van der Waals surface area contributed by atoms with Gasteiger partial charge in [-0.25, -0.2) is 4.57 Å². The molecule has 0 aliphatic rings. The minimum Gasteiger partial charge on any atom is -0.462 e. The lowest BCUT2D eigenvalue weighted by Crippen LogP contribution is -2.29. The Morgan fingerprint density at radius 1 is 0.500 bits per heavy atom. The van der Waals surface area contributed by atoms with Gasteiger partial charge < -0.3 is 24.6 Å². The third-order valence-corrected chi connectivity index (χ3v) is 11.8. The summed E-state index contributed by atoms with van der Waals surface area (Å²) in [6, 6.07) is 0. The van der Waals surface area contributed by atoms with Gasteiger partial charge in [0.25, 0.3) is 0 Å². The smallest absolute Gasteiger partial charge is 0.462 e. The highest BCUT2D eigenvalue weighted by molar-refractivity contribution is 7.47. The fraction of sp³-hybridized carbons (Fsp3) is 0.878. The second-order valence-corrected chi connectivity index (χ2v) is 18.3. The molecule has 0 heterocycles. The van der Waals surface area contributed by atoms with Crippen LogP contribution in [0.1, 0.15) is 239 Å². The Hall–Kier alpha value is -1.55. The lowest BCUT2D eigenvalue weighted by molar-refractivity contribution is -0.161. The predicted molar refractivity (Wildman–Crippen MR) is 247 cm³/mol. The van der Waals surface area contributed by atoms with Crippen LogP contribution in [0, 0.1) is 0 Å². The van der Waals surface area contributed by atoms with Gasteiger partial charge in [0, 0.05) is 12.8 Å². The number of hydrogen-bond donors (Lipinski definition) is 3. The number of aliphatic hydroxyl groups excluding tert-OH is 2. The molecule has 0 aliphatic heterocycles. The highest BCUT2D eigenvalue weighted by atomic mass is 31.2. The van der Waals surface area contributed by atoms with Gasteiger partial charge in [0.1, 0.15) is 12.7 Å². The van der Waals surface area contributed by atoms with Gasteiger partial charge >= 0.3 is 19.8 Å². The number of aliphatic hydroxyl groups is 2. The number of esters is 2. The largest absolute Gasteiger partial charge is 0.472 e. The summed E-state index contributed by atoms with van der Waals surface area (Å²) in [7, 11) is -4.62. The predicted octanol–water partition coefficient (Wildman–Crippen LogP) is 13.7. The van der Waals surface area contributed by atoms with Crippen molar-refractivity contribution in [2.24, 2.45) is 0 Å². The topological polar surface area (TPSA) is 149 Å². The van der Waals surface area contributed by atoms with Crippen molar-refractivity contribution in [1.29, 1.82) is 0 Å². The molecule has 1 unspecified atom stereocenters. The second-order valence-electron chi connectivity index (χ2n) is 16.8. The van der Waals surface area contributed by atoms with Gasteiger partial charge in [0.2, 0.25) is 0 Å². The molecule has 3 atom stereocenters. The van der Waals surface area contributed by atoms with Gasteiger partial charge in [-0.15, -0.1) is 0 Å². The van der Waals surface area contributed by atoms with Crippen LogP contribution in [-0.4, -0.2) is 65.7 Å². The van der Waals surface area contributed by atoms with Crippen LogP contribution >= 0.6 is 7.82 Å². The van der Waals surface area contributed by atoms with Crippen LogP contribution in [0.2, 0.25) is 0 Å². The molecule has 0 bridgehead atoms. The summed E-state index contributed by atoms with van der Waals surface area (Å²) < 4.78 is 32.8. The monoisotopic (exact) mass is 873 g/mol.